The zero-order valence-electron chi connectivity index (χ0n) is 8.59. The van der Waals surface area contributed by atoms with E-state index < -0.39 is 0 Å². The third-order valence-electron chi connectivity index (χ3n) is 2.77. The highest BCUT2D eigenvalue weighted by Crippen LogP contribution is 2.22. The Bertz CT molecular complexity index is 457. The molecule has 74 valence electrons. The first-order valence-electron chi connectivity index (χ1n) is 4.91. The highest BCUT2D eigenvalue weighted by atomic mass is 32.1. The number of hydrogen-bond acceptors (Lipinski definition) is 1. The van der Waals surface area contributed by atoms with E-state index in [1.54, 1.807) is 0 Å². The monoisotopic (exact) mass is 205 g/mol. The van der Waals surface area contributed by atoms with Crippen LogP contribution in [-0.2, 0) is 6.42 Å². The number of thiol groups is 1. The van der Waals surface area contributed by atoms with E-state index in [4.69, 9.17) is 0 Å². The van der Waals surface area contributed by atoms with E-state index in [0.717, 1.165) is 12.2 Å². The fourth-order valence-corrected chi connectivity index (χ4v) is 2.05. The molecule has 1 aromatic heterocycles. The average molecular weight is 205 g/mol. The molecule has 1 aromatic carbocycles. The molecule has 0 radical (unpaired) electrons. The number of aryl methyl sites for hydroxylation is 3. The SMILES string of the molecule is Cc1[nH]c2ccc(CCS)cc2c1C. The Balaban J connectivity index is 2.58. The van der Waals surface area contributed by atoms with E-state index in [0.29, 0.717) is 0 Å². The summed E-state index contributed by atoms with van der Waals surface area (Å²) in [5, 5.41) is 1.35. The third-order valence-corrected chi connectivity index (χ3v) is 3.00. The molecular weight excluding hydrogens is 190 g/mol. The van der Waals surface area contributed by atoms with Crippen molar-refractivity contribution < 1.29 is 0 Å². The van der Waals surface area contributed by atoms with Crippen molar-refractivity contribution in [2.75, 3.05) is 5.75 Å². The van der Waals surface area contributed by atoms with Crippen molar-refractivity contribution in [2.45, 2.75) is 20.3 Å². The number of aromatic amines is 1. The molecule has 14 heavy (non-hydrogen) atoms. The molecule has 0 saturated heterocycles. The fourth-order valence-electron chi connectivity index (χ4n) is 1.79. The van der Waals surface area contributed by atoms with Gasteiger partial charge < -0.3 is 4.98 Å². The minimum Gasteiger partial charge on any atom is -0.358 e. The first-order chi connectivity index (χ1) is 6.72. The summed E-state index contributed by atoms with van der Waals surface area (Å²) in [5.41, 5.74) is 5.24. The molecule has 0 amide bonds. The van der Waals surface area contributed by atoms with Gasteiger partial charge in [-0.3, -0.25) is 0 Å². The smallest absolute Gasteiger partial charge is 0.0458 e. The van der Waals surface area contributed by atoms with Crippen LogP contribution in [0.2, 0.25) is 0 Å². The molecular formula is C12H15NS. The lowest BCUT2D eigenvalue weighted by molar-refractivity contribution is 1.17. The Labute approximate surface area is 89.9 Å². The van der Waals surface area contributed by atoms with Gasteiger partial charge in [0.05, 0.1) is 0 Å². The van der Waals surface area contributed by atoms with Crippen LogP contribution < -0.4 is 0 Å². The van der Waals surface area contributed by atoms with E-state index in [1.807, 2.05) is 0 Å². The Kier molecular flexibility index (Phi) is 2.55. The quantitative estimate of drug-likeness (QED) is 0.700. The topological polar surface area (TPSA) is 15.8 Å². The Morgan fingerprint density at radius 2 is 2.07 bits per heavy atom. The third kappa shape index (κ3) is 1.55. The summed E-state index contributed by atoms with van der Waals surface area (Å²) in [6.45, 7) is 4.28. The molecule has 1 N–H and O–H groups in total. The van der Waals surface area contributed by atoms with Gasteiger partial charge in [-0.15, -0.1) is 0 Å². The molecule has 0 unspecified atom stereocenters. The van der Waals surface area contributed by atoms with Crippen molar-refractivity contribution in [1.82, 2.24) is 4.98 Å². The van der Waals surface area contributed by atoms with Crippen molar-refractivity contribution in [2.24, 2.45) is 0 Å². The highest BCUT2D eigenvalue weighted by Gasteiger charge is 2.04. The van der Waals surface area contributed by atoms with E-state index >= 15 is 0 Å². The highest BCUT2D eigenvalue weighted by molar-refractivity contribution is 7.80. The van der Waals surface area contributed by atoms with Crippen molar-refractivity contribution in [3.63, 3.8) is 0 Å². The lowest BCUT2D eigenvalue weighted by Crippen LogP contribution is -1.85. The van der Waals surface area contributed by atoms with Crippen molar-refractivity contribution in [1.29, 1.82) is 0 Å². The number of hydrogen-bond donors (Lipinski definition) is 2. The second-order valence-electron chi connectivity index (χ2n) is 3.73. The summed E-state index contributed by atoms with van der Waals surface area (Å²) in [6.07, 6.45) is 1.04. The van der Waals surface area contributed by atoms with Gasteiger partial charge in [0.2, 0.25) is 0 Å². The van der Waals surface area contributed by atoms with Crippen LogP contribution in [0.5, 0.6) is 0 Å². The van der Waals surface area contributed by atoms with Gasteiger partial charge in [-0.2, -0.15) is 12.6 Å². The molecule has 0 aliphatic rings. The molecule has 2 aromatic rings. The van der Waals surface area contributed by atoms with Gasteiger partial charge in [0.1, 0.15) is 0 Å². The summed E-state index contributed by atoms with van der Waals surface area (Å²) in [4.78, 5) is 3.38. The predicted octanol–water partition coefficient (Wildman–Crippen LogP) is 3.26. The first-order valence-corrected chi connectivity index (χ1v) is 5.54. The van der Waals surface area contributed by atoms with Gasteiger partial charge in [0.25, 0.3) is 0 Å². The predicted molar refractivity (Wildman–Crippen MR) is 65.3 cm³/mol. The molecule has 0 saturated carbocycles. The number of nitrogens with one attached hydrogen (secondary N) is 1. The molecule has 1 heterocycles. The van der Waals surface area contributed by atoms with Crippen molar-refractivity contribution in [3.8, 4) is 0 Å². The molecule has 0 spiro atoms. The molecule has 2 rings (SSSR count). The average Bonchev–Trinajstić information content (AvgIpc) is 2.45. The van der Waals surface area contributed by atoms with Gasteiger partial charge in [-0.05, 0) is 49.3 Å². The van der Waals surface area contributed by atoms with Crippen LogP contribution in [0.25, 0.3) is 10.9 Å². The summed E-state index contributed by atoms with van der Waals surface area (Å²) >= 11 is 4.25. The fraction of sp³-hybridized carbons (Fsp3) is 0.333. The van der Waals surface area contributed by atoms with Crippen LogP contribution in [0.15, 0.2) is 18.2 Å². The molecule has 1 nitrogen and oxygen atoms in total. The normalized spacial score (nSPS) is 11.1. The summed E-state index contributed by atoms with van der Waals surface area (Å²) in [6, 6.07) is 6.60. The number of aromatic nitrogens is 1. The van der Waals surface area contributed by atoms with Gasteiger partial charge in [-0.1, -0.05) is 6.07 Å². The summed E-state index contributed by atoms with van der Waals surface area (Å²) in [7, 11) is 0. The van der Waals surface area contributed by atoms with Crippen LogP contribution >= 0.6 is 12.6 Å². The van der Waals surface area contributed by atoms with Crippen molar-refractivity contribution in [3.05, 3.63) is 35.0 Å². The van der Waals surface area contributed by atoms with E-state index in [1.165, 1.54) is 27.7 Å². The Morgan fingerprint density at radius 3 is 2.79 bits per heavy atom. The maximum absolute atomic E-state index is 4.25. The minimum absolute atomic E-state index is 0.911. The largest absolute Gasteiger partial charge is 0.358 e. The minimum atomic E-state index is 0.911. The molecule has 0 aliphatic carbocycles. The standard InChI is InChI=1S/C12H15NS/c1-8-9(2)13-12-4-3-10(5-6-14)7-11(8)12/h3-4,7,13-14H,5-6H2,1-2H3. The van der Waals surface area contributed by atoms with Crippen LogP contribution in [0.4, 0.5) is 0 Å². The summed E-state index contributed by atoms with van der Waals surface area (Å²) in [5.74, 6) is 0.911. The molecule has 0 fully saturated rings. The second-order valence-corrected chi connectivity index (χ2v) is 4.18. The Hall–Kier alpha value is -0.890. The van der Waals surface area contributed by atoms with Crippen LogP contribution in [-0.4, -0.2) is 10.7 Å². The lowest BCUT2D eigenvalue weighted by Gasteiger charge is -1.98. The van der Waals surface area contributed by atoms with Crippen LogP contribution in [0.1, 0.15) is 16.8 Å². The maximum atomic E-state index is 4.25. The lowest BCUT2D eigenvalue weighted by atomic mass is 10.1. The zero-order chi connectivity index (χ0) is 10.1. The van der Waals surface area contributed by atoms with E-state index in [2.05, 4.69) is 49.7 Å². The molecule has 0 bridgehead atoms. The molecule has 0 atom stereocenters. The molecule has 0 aliphatic heterocycles. The number of benzene rings is 1. The van der Waals surface area contributed by atoms with Gasteiger partial charge in [0, 0.05) is 16.6 Å². The molecule has 2 heteroatoms. The van der Waals surface area contributed by atoms with Gasteiger partial charge >= 0.3 is 0 Å². The number of H-pyrrole nitrogens is 1. The summed E-state index contributed by atoms with van der Waals surface area (Å²) < 4.78 is 0. The van der Waals surface area contributed by atoms with Crippen LogP contribution in [0, 0.1) is 13.8 Å². The van der Waals surface area contributed by atoms with Crippen LogP contribution in [0.3, 0.4) is 0 Å². The van der Waals surface area contributed by atoms with Gasteiger partial charge in [0.15, 0.2) is 0 Å². The zero-order valence-corrected chi connectivity index (χ0v) is 9.49. The maximum Gasteiger partial charge on any atom is 0.0458 e. The number of rotatable bonds is 2. The van der Waals surface area contributed by atoms with E-state index in [9.17, 15) is 0 Å². The first kappa shape index (κ1) is 9.66. The van der Waals surface area contributed by atoms with Gasteiger partial charge in [-0.25, -0.2) is 0 Å². The Morgan fingerprint density at radius 1 is 1.29 bits per heavy atom. The second kappa shape index (κ2) is 3.70. The number of fused-ring (bicyclic) bond motifs is 1. The van der Waals surface area contributed by atoms with E-state index in [-0.39, 0.29) is 0 Å². The van der Waals surface area contributed by atoms with Crippen molar-refractivity contribution >= 4 is 23.5 Å².